The molecule has 0 saturated carbocycles. The quantitative estimate of drug-likeness (QED) is 0.628. The number of carbonyl (C=O) groups excluding carboxylic acids is 1. The lowest BCUT2D eigenvalue weighted by atomic mass is 10.1. The lowest BCUT2D eigenvalue weighted by Gasteiger charge is -2.02. The van der Waals surface area contributed by atoms with Crippen molar-refractivity contribution in [3.05, 3.63) is 23.8 Å². The predicted octanol–water partition coefficient (Wildman–Crippen LogP) is 1.60. The number of Topliss-reactive ketones (excluding diaryl/α,β-unsaturated/α-hetero) is 1. The van der Waals surface area contributed by atoms with Gasteiger partial charge in [0.1, 0.15) is 17.3 Å². The molecule has 0 heterocycles. The Kier molecular flexibility index (Phi) is 3.31. The van der Waals surface area contributed by atoms with Gasteiger partial charge in [-0.05, 0) is 18.2 Å². The molecule has 0 saturated heterocycles. The summed E-state index contributed by atoms with van der Waals surface area (Å²) < 4.78 is 0. The first kappa shape index (κ1) is 10.1. The molecule has 1 aromatic rings. The summed E-state index contributed by atoms with van der Waals surface area (Å²) in [5.74, 6) is 0.0446. The lowest BCUT2D eigenvalue weighted by Crippen LogP contribution is -2.03. The van der Waals surface area contributed by atoms with Gasteiger partial charge in [0, 0.05) is 12.0 Å². The monoisotopic (exact) mass is 244 g/mol. The van der Waals surface area contributed by atoms with Gasteiger partial charge in [-0.1, -0.05) is 15.9 Å². The minimum Gasteiger partial charge on any atom is -0.508 e. The number of halogens is 1. The molecular weight excluding hydrogens is 236 g/mol. The Morgan fingerprint density at radius 3 is 2.69 bits per heavy atom. The fourth-order valence-electron chi connectivity index (χ4n) is 0.973. The Hall–Kier alpha value is -1.03. The molecule has 0 unspecified atom stereocenters. The molecule has 70 valence electrons. The fourth-order valence-corrected chi connectivity index (χ4v) is 1.17. The van der Waals surface area contributed by atoms with Gasteiger partial charge in [0.25, 0.3) is 0 Å². The molecule has 0 aliphatic carbocycles. The van der Waals surface area contributed by atoms with Crippen LogP contribution in [0.2, 0.25) is 0 Å². The smallest absolute Gasteiger partial charge is 0.147 e. The van der Waals surface area contributed by atoms with Crippen molar-refractivity contribution in [2.24, 2.45) is 0 Å². The topological polar surface area (TPSA) is 57.5 Å². The normalized spacial score (nSPS) is 9.92. The number of phenols is 2. The van der Waals surface area contributed by atoms with Crippen LogP contribution in [0.1, 0.15) is 5.56 Å². The van der Waals surface area contributed by atoms with Gasteiger partial charge in [0.15, 0.2) is 0 Å². The van der Waals surface area contributed by atoms with Crippen molar-refractivity contribution in [2.45, 2.75) is 6.42 Å². The Balaban J connectivity index is 2.87. The van der Waals surface area contributed by atoms with E-state index in [2.05, 4.69) is 15.9 Å². The van der Waals surface area contributed by atoms with Crippen LogP contribution >= 0.6 is 15.9 Å². The minimum atomic E-state index is -0.0408. The first-order valence-electron chi connectivity index (χ1n) is 3.72. The van der Waals surface area contributed by atoms with E-state index in [1.165, 1.54) is 18.2 Å². The van der Waals surface area contributed by atoms with Crippen molar-refractivity contribution in [3.63, 3.8) is 0 Å². The molecule has 0 aliphatic heterocycles. The number of aromatic hydroxyl groups is 2. The lowest BCUT2D eigenvalue weighted by molar-refractivity contribution is -0.115. The molecule has 0 spiro atoms. The van der Waals surface area contributed by atoms with Gasteiger partial charge < -0.3 is 10.2 Å². The van der Waals surface area contributed by atoms with Gasteiger partial charge in [0.05, 0.1) is 5.33 Å². The van der Waals surface area contributed by atoms with Crippen LogP contribution in [0.4, 0.5) is 0 Å². The maximum Gasteiger partial charge on any atom is 0.147 e. The second-order valence-electron chi connectivity index (χ2n) is 2.66. The molecular formula is C9H9BrO3. The van der Waals surface area contributed by atoms with E-state index in [0.717, 1.165) is 0 Å². The number of benzene rings is 1. The highest BCUT2D eigenvalue weighted by Crippen LogP contribution is 2.22. The van der Waals surface area contributed by atoms with Crippen molar-refractivity contribution in [1.82, 2.24) is 0 Å². The first-order chi connectivity index (χ1) is 6.13. The minimum absolute atomic E-state index is 0.0344. The van der Waals surface area contributed by atoms with E-state index in [9.17, 15) is 9.90 Å². The van der Waals surface area contributed by atoms with Crippen molar-refractivity contribution < 1.29 is 15.0 Å². The van der Waals surface area contributed by atoms with Crippen LogP contribution in [0.5, 0.6) is 11.5 Å². The number of phenolic OH excluding ortho intramolecular Hbond substituents is 2. The number of alkyl halides is 1. The van der Waals surface area contributed by atoms with Crippen LogP contribution in [0.25, 0.3) is 0 Å². The van der Waals surface area contributed by atoms with Crippen molar-refractivity contribution in [1.29, 1.82) is 0 Å². The zero-order valence-electron chi connectivity index (χ0n) is 6.83. The molecule has 0 fully saturated rings. The summed E-state index contributed by atoms with van der Waals surface area (Å²) in [6, 6.07) is 4.12. The number of hydrogen-bond donors (Lipinski definition) is 2. The van der Waals surface area contributed by atoms with Gasteiger partial charge >= 0.3 is 0 Å². The molecule has 1 aromatic carbocycles. The summed E-state index contributed by atoms with van der Waals surface area (Å²) >= 11 is 3.02. The molecule has 1 rings (SSSR count). The Morgan fingerprint density at radius 2 is 2.08 bits per heavy atom. The zero-order valence-corrected chi connectivity index (χ0v) is 8.41. The molecule has 0 bridgehead atoms. The summed E-state index contributed by atoms with van der Waals surface area (Å²) in [5.41, 5.74) is 0.449. The van der Waals surface area contributed by atoms with E-state index < -0.39 is 0 Å². The third-order valence-electron chi connectivity index (χ3n) is 1.60. The maximum absolute atomic E-state index is 11.0. The summed E-state index contributed by atoms with van der Waals surface area (Å²) in [7, 11) is 0. The van der Waals surface area contributed by atoms with E-state index in [1.807, 2.05) is 0 Å². The Morgan fingerprint density at radius 1 is 1.38 bits per heavy atom. The first-order valence-corrected chi connectivity index (χ1v) is 4.84. The standard InChI is InChI=1S/C9H9BrO3/c10-5-8(12)4-6-3-7(11)1-2-9(6)13/h1-3,11,13H,4-5H2. The van der Waals surface area contributed by atoms with Crippen molar-refractivity contribution in [2.75, 3.05) is 5.33 Å². The van der Waals surface area contributed by atoms with Gasteiger partial charge in [0.2, 0.25) is 0 Å². The van der Waals surface area contributed by atoms with Gasteiger partial charge in [-0.3, -0.25) is 4.79 Å². The molecule has 13 heavy (non-hydrogen) atoms. The highest BCUT2D eigenvalue weighted by Gasteiger charge is 2.06. The predicted molar refractivity (Wildman–Crippen MR) is 52.3 cm³/mol. The number of rotatable bonds is 3. The van der Waals surface area contributed by atoms with Crippen LogP contribution in [0.15, 0.2) is 18.2 Å². The number of ketones is 1. The average molecular weight is 245 g/mol. The zero-order chi connectivity index (χ0) is 9.84. The van der Waals surface area contributed by atoms with Crippen LogP contribution < -0.4 is 0 Å². The summed E-state index contributed by atoms with van der Waals surface area (Å²) in [6.45, 7) is 0. The third-order valence-corrected chi connectivity index (χ3v) is 2.23. The van der Waals surface area contributed by atoms with Gasteiger partial charge in [-0.15, -0.1) is 0 Å². The highest BCUT2D eigenvalue weighted by molar-refractivity contribution is 9.09. The van der Waals surface area contributed by atoms with Crippen LogP contribution in [0, 0.1) is 0 Å². The molecule has 4 heteroatoms. The second kappa shape index (κ2) is 4.28. The number of carbonyl (C=O) groups is 1. The Labute approximate surface area is 84.1 Å². The molecule has 0 aromatic heterocycles. The fraction of sp³-hybridized carbons (Fsp3) is 0.222. The van der Waals surface area contributed by atoms with E-state index in [1.54, 1.807) is 0 Å². The van der Waals surface area contributed by atoms with Crippen LogP contribution in [0.3, 0.4) is 0 Å². The van der Waals surface area contributed by atoms with Gasteiger partial charge in [-0.25, -0.2) is 0 Å². The summed E-state index contributed by atoms with van der Waals surface area (Å²) in [6.07, 6.45) is 0.130. The SMILES string of the molecule is O=C(CBr)Cc1cc(O)ccc1O. The van der Waals surface area contributed by atoms with Crippen molar-refractivity contribution >= 4 is 21.7 Å². The molecule has 2 N–H and O–H groups in total. The largest absolute Gasteiger partial charge is 0.508 e. The van der Waals surface area contributed by atoms with Gasteiger partial charge in [-0.2, -0.15) is 0 Å². The molecule has 0 atom stereocenters. The molecule has 0 amide bonds. The number of hydrogen-bond acceptors (Lipinski definition) is 3. The van der Waals surface area contributed by atoms with E-state index in [-0.39, 0.29) is 29.0 Å². The van der Waals surface area contributed by atoms with E-state index in [4.69, 9.17) is 5.11 Å². The van der Waals surface area contributed by atoms with Crippen LogP contribution in [-0.4, -0.2) is 21.3 Å². The molecule has 0 aliphatic rings. The second-order valence-corrected chi connectivity index (χ2v) is 3.22. The molecule has 3 nitrogen and oxygen atoms in total. The summed E-state index contributed by atoms with van der Waals surface area (Å²) in [4.78, 5) is 11.0. The highest BCUT2D eigenvalue weighted by atomic mass is 79.9. The molecule has 0 radical (unpaired) electrons. The van der Waals surface area contributed by atoms with Crippen molar-refractivity contribution in [3.8, 4) is 11.5 Å². The van der Waals surface area contributed by atoms with E-state index in [0.29, 0.717) is 5.56 Å². The Bertz CT molecular complexity index is 323. The third kappa shape index (κ3) is 2.73. The average Bonchev–Trinajstić information content (AvgIpc) is 2.11. The van der Waals surface area contributed by atoms with Crippen LogP contribution in [-0.2, 0) is 11.2 Å². The van der Waals surface area contributed by atoms with E-state index >= 15 is 0 Å². The summed E-state index contributed by atoms with van der Waals surface area (Å²) in [5, 5.41) is 18.6. The maximum atomic E-state index is 11.0.